The fraction of sp³-hybridized carbons (Fsp3) is 0.250. The van der Waals surface area contributed by atoms with Gasteiger partial charge in [-0.2, -0.15) is 0 Å². The molecule has 0 N–H and O–H groups in total. The van der Waals surface area contributed by atoms with Crippen molar-refractivity contribution in [1.82, 2.24) is 9.97 Å². The first-order chi connectivity index (χ1) is 8.19. The van der Waals surface area contributed by atoms with Crippen LogP contribution in [0.1, 0.15) is 26.1 Å². The zero-order chi connectivity index (χ0) is 12.3. The van der Waals surface area contributed by atoms with Crippen LogP contribution in [-0.2, 0) is 6.61 Å². The molecule has 0 aliphatic heterocycles. The van der Waals surface area contributed by atoms with Crippen LogP contribution in [-0.4, -0.2) is 16.3 Å². The summed E-state index contributed by atoms with van der Waals surface area (Å²) in [5, 5.41) is 1.00. The number of thiazole rings is 1. The number of rotatable bonds is 4. The quantitative estimate of drug-likeness (QED) is 0.780. The van der Waals surface area contributed by atoms with E-state index < -0.39 is 0 Å². The van der Waals surface area contributed by atoms with Crippen LogP contribution in [0, 0.1) is 13.8 Å². The van der Waals surface area contributed by atoms with Gasteiger partial charge >= 0.3 is 0 Å². The van der Waals surface area contributed by atoms with E-state index in [1.807, 2.05) is 19.9 Å². The molecule has 5 heteroatoms. The molecule has 0 fully saturated rings. The molecule has 0 saturated heterocycles. The van der Waals surface area contributed by atoms with E-state index in [0.29, 0.717) is 24.3 Å². The third kappa shape index (κ3) is 2.88. The Morgan fingerprint density at radius 3 is 2.88 bits per heavy atom. The monoisotopic (exact) mass is 248 g/mol. The number of aldehydes is 1. The fourth-order valence-electron chi connectivity index (χ4n) is 1.39. The Balaban J connectivity index is 2.11. The number of hydrogen-bond donors (Lipinski definition) is 0. The Morgan fingerprint density at radius 2 is 2.24 bits per heavy atom. The highest BCUT2D eigenvalue weighted by Gasteiger charge is 2.06. The molecule has 0 amide bonds. The van der Waals surface area contributed by atoms with Crippen molar-refractivity contribution in [3.63, 3.8) is 0 Å². The average Bonchev–Trinajstić information content (AvgIpc) is 2.73. The molecule has 0 saturated carbocycles. The van der Waals surface area contributed by atoms with Gasteiger partial charge in [-0.25, -0.2) is 9.97 Å². The van der Waals surface area contributed by atoms with E-state index in [0.717, 1.165) is 15.6 Å². The lowest BCUT2D eigenvalue weighted by atomic mass is 10.3. The highest BCUT2D eigenvalue weighted by molar-refractivity contribution is 7.11. The second-order valence-electron chi connectivity index (χ2n) is 3.59. The molecule has 0 aliphatic rings. The number of aromatic nitrogens is 2. The van der Waals surface area contributed by atoms with E-state index in [4.69, 9.17) is 4.74 Å². The van der Waals surface area contributed by atoms with Gasteiger partial charge in [0.25, 0.3) is 0 Å². The van der Waals surface area contributed by atoms with Crippen molar-refractivity contribution in [1.29, 1.82) is 0 Å². The summed E-state index contributed by atoms with van der Waals surface area (Å²) in [6.45, 7) is 4.19. The molecule has 2 aromatic rings. The van der Waals surface area contributed by atoms with Gasteiger partial charge in [-0.3, -0.25) is 4.79 Å². The highest BCUT2D eigenvalue weighted by atomic mass is 32.1. The summed E-state index contributed by atoms with van der Waals surface area (Å²) in [7, 11) is 0. The normalized spacial score (nSPS) is 10.2. The standard InChI is InChI=1S/C12H12N2O2S/c1-8-3-4-12(11(6-15)14-8)16-7-10-5-13-9(2)17-10/h3-6H,7H2,1-2H3. The number of pyridine rings is 1. The minimum absolute atomic E-state index is 0.339. The molecule has 88 valence electrons. The van der Waals surface area contributed by atoms with Crippen LogP contribution < -0.4 is 4.74 Å². The van der Waals surface area contributed by atoms with E-state index in [-0.39, 0.29) is 0 Å². The Hall–Kier alpha value is -1.75. The second-order valence-corrected chi connectivity index (χ2v) is 4.91. The summed E-state index contributed by atoms with van der Waals surface area (Å²) in [4.78, 5) is 20.1. The topological polar surface area (TPSA) is 52.1 Å². The van der Waals surface area contributed by atoms with Gasteiger partial charge in [-0.15, -0.1) is 11.3 Å². The summed E-state index contributed by atoms with van der Waals surface area (Å²) in [5.74, 6) is 0.511. The molecule has 0 bridgehead atoms. The van der Waals surface area contributed by atoms with Gasteiger partial charge in [0.05, 0.1) is 9.88 Å². The van der Waals surface area contributed by atoms with E-state index >= 15 is 0 Å². The lowest BCUT2D eigenvalue weighted by Crippen LogP contribution is -1.99. The molecule has 2 rings (SSSR count). The molecule has 2 heterocycles. The zero-order valence-corrected chi connectivity index (χ0v) is 10.5. The van der Waals surface area contributed by atoms with Crippen LogP contribution in [0.3, 0.4) is 0 Å². The molecule has 0 aromatic carbocycles. The van der Waals surface area contributed by atoms with Crippen molar-refractivity contribution < 1.29 is 9.53 Å². The van der Waals surface area contributed by atoms with E-state index in [1.54, 1.807) is 23.6 Å². The summed E-state index contributed by atoms with van der Waals surface area (Å²) in [6.07, 6.45) is 2.49. The lowest BCUT2D eigenvalue weighted by Gasteiger charge is -2.06. The van der Waals surface area contributed by atoms with Crippen molar-refractivity contribution in [2.45, 2.75) is 20.5 Å². The van der Waals surface area contributed by atoms with Crippen LogP contribution in [0.4, 0.5) is 0 Å². The zero-order valence-electron chi connectivity index (χ0n) is 9.64. The predicted octanol–water partition coefficient (Wildman–Crippen LogP) is 2.55. The summed E-state index contributed by atoms with van der Waals surface area (Å²) < 4.78 is 5.56. The van der Waals surface area contributed by atoms with Crippen LogP contribution in [0.5, 0.6) is 5.75 Å². The van der Waals surface area contributed by atoms with E-state index in [1.165, 1.54) is 0 Å². The Labute approximate surface area is 103 Å². The summed E-state index contributed by atoms with van der Waals surface area (Å²) in [5.41, 5.74) is 1.14. The third-order valence-electron chi connectivity index (χ3n) is 2.18. The Morgan fingerprint density at radius 1 is 1.41 bits per heavy atom. The first kappa shape index (κ1) is 11.7. The fourth-order valence-corrected chi connectivity index (χ4v) is 2.10. The molecular weight excluding hydrogens is 236 g/mol. The maximum absolute atomic E-state index is 10.8. The Bertz CT molecular complexity index is 537. The van der Waals surface area contributed by atoms with Crippen LogP contribution >= 0.6 is 11.3 Å². The molecule has 0 atom stereocenters. The number of nitrogens with zero attached hydrogens (tertiary/aromatic N) is 2. The van der Waals surface area contributed by atoms with Crippen LogP contribution in [0.15, 0.2) is 18.3 Å². The maximum Gasteiger partial charge on any atom is 0.172 e. The minimum atomic E-state index is 0.339. The third-order valence-corrected chi connectivity index (χ3v) is 3.06. The molecule has 0 aliphatic carbocycles. The second kappa shape index (κ2) is 5.05. The average molecular weight is 248 g/mol. The van der Waals surface area contributed by atoms with Gasteiger partial charge in [0.15, 0.2) is 6.29 Å². The van der Waals surface area contributed by atoms with E-state index in [9.17, 15) is 4.79 Å². The smallest absolute Gasteiger partial charge is 0.172 e. The summed E-state index contributed by atoms with van der Waals surface area (Å²) in [6, 6.07) is 3.58. The van der Waals surface area contributed by atoms with Crippen molar-refractivity contribution in [2.24, 2.45) is 0 Å². The number of carbonyl (C=O) groups is 1. The van der Waals surface area contributed by atoms with Crippen LogP contribution in [0.2, 0.25) is 0 Å². The summed E-state index contributed by atoms with van der Waals surface area (Å²) >= 11 is 1.58. The number of ether oxygens (including phenoxy) is 1. The van der Waals surface area contributed by atoms with Gasteiger partial charge in [-0.05, 0) is 26.0 Å². The lowest BCUT2D eigenvalue weighted by molar-refractivity contribution is 0.111. The number of carbonyl (C=O) groups excluding carboxylic acids is 1. The number of hydrogen-bond acceptors (Lipinski definition) is 5. The first-order valence-electron chi connectivity index (χ1n) is 5.16. The predicted molar refractivity (Wildman–Crippen MR) is 65.5 cm³/mol. The SMILES string of the molecule is Cc1ccc(OCc2cnc(C)s2)c(C=O)n1. The van der Waals surface area contributed by atoms with Crippen molar-refractivity contribution >= 4 is 17.6 Å². The molecule has 0 radical (unpaired) electrons. The molecule has 2 aromatic heterocycles. The van der Waals surface area contributed by atoms with Crippen molar-refractivity contribution in [3.8, 4) is 5.75 Å². The first-order valence-corrected chi connectivity index (χ1v) is 5.97. The molecule has 0 spiro atoms. The van der Waals surface area contributed by atoms with E-state index in [2.05, 4.69) is 9.97 Å². The van der Waals surface area contributed by atoms with Gasteiger partial charge in [0.1, 0.15) is 18.1 Å². The molecular formula is C12H12N2O2S. The molecule has 17 heavy (non-hydrogen) atoms. The van der Waals surface area contributed by atoms with Crippen molar-refractivity contribution in [2.75, 3.05) is 0 Å². The Kier molecular flexibility index (Phi) is 3.49. The largest absolute Gasteiger partial charge is 0.486 e. The van der Waals surface area contributed by atoms with Gasteiger partial charge in [-0.1, -0.05) is 0 Å². The highest BCUT2D eigenvalue weighted by Crippen LogP contribution is 2.19. The van der Waals surface area contributed by atoms with Crippen molar-refractivity contribution in [3.05, 3.63) is 39.6 Å². The maximum atomic E-state index is 10.8. The van der Waals surface area contributed by atoms with Crippen LogP contribution in [0.25, 0.3) is 0 Å². The molecule has 4 nitrogen and oxygen atoms in total. The minimum Gasteiger partial charge on any atom is -0.486 e. The van der Waals surface area contributed by atoms with Gasteiger partial charge in [0, 0.05) is 11.9 Å². The number of aryl methyl sites for hydroxylation is 2. The van der Waals surface area contributed by atoms with Gasteiger partial charge in [0.2, 0.25) is 0 Å². The molecule has 0 unspecified atom stereocenters. The van der Waals surface area contributed by atoms with Gasteiger partial charge < -0.3 is 4.74 Å².